The number of rotatable bonds is 2. The van der Waals surface area contributed by atoms with Gasteiger partial charge in [0.05, 0.1) is 30.6 Å². The van der Waals surface area contributed by atoms with Crippen molar-refractivity contribution in [2.45, 2.75) is 32.3 Å². The van der Waals surface area contributed by atoms with E-state index < -0.39 is 0 Å². The summed E-state index contributed by atoms with van der Waals surface area (Å²) in [6.07, 6.45) is 3.20. The molecule has 1 aliphatic heterocycles. The molecule has 7 heteroatoms. The number of morpholine rings is 1. The molecule has 3 heterocycles. The first kappa shape index (κ1) is 16.1. The van der Waals surface area contributed by atoms with Gasteiger partial charge in [0.2, 0.25) is 0 Å². The second kappa shape index (κ2) is 6.05. The maximum absolute atomic E-state index is 12.6. The van der Waals surface area contributed by atoms with E-state index in [2.05, 4.69) is 31.2 Å². The quantitative estimate of drug-likeness (QED) is 0.846. The highest BCUT2D eigenvalue weighted by Gasteiger charge is 2.29. The molecule has 2 aromatic rings. The molecule has 0 radical (unpaired) electrons. The molecule has 0 bridgehead atoms. The number of carbonyl (C=O) groups is 1. The molecule has 0 saturated carbocycles. The number of aromatic nitrogens is 3. The Morgan fingerprint density at radius 3 is 2.83 bits per heavy atom. The lowest BCUT2D eigenvalue weighted by Gasteiger charge is -2.31. The van der Waals surface area contributed by atoms with Crippen molar-refractivity contribution in [3.63, 3.8) is 0 Å². The topological polar surface area (TPSA) is 60.2 Å². The lowest BCUT2D eigenvalue weighted by Crippen LogP contribution is -2.42. The summed E-state index contributed by atoms with van der Waals surface area (Å²) in [6, 6.07) is 0. The van der Waals surface area contributed by atoms with Crippen molar-refractivity contribution in [1.29, 1.82) is 0 Å². The van der Waals surface area contributed by atoms with Gasteiger partial charge in [-0.3, -0.25) is 9.48 Å². The molecule has 0 N–H and O–H groups in total. The summed E-state index contributed by atoms with van der Waals surface area (Å²) >= 11 is 1.61. The Labute approximate surface area is 140 Å². The van der Waals surface area contributed by atoms with Crippen LogP contribution in [0.25, 0.3) is 0 Å². The SMILES string of the molecule is Cn1cc(C(=O)N2CCOC(c3nc(C(C)(C)C)cs3)C2)cn1. The van der Waals surface area contributed by atoms with E-state index in [1.807, 2.05) is 11.9 Å². The van der Waals surface area contributed by atoms with E-state index in [0.29, 0.717) is 25.3 Å². The number of aryl methyl sites for hydroxylation is 1. The second-order valence-electron chi connectivity index (χ2n) is 6.83. The zero-order chi connectivity index (χ0) is 16.6. The normalized spacial score (nSPS) is 19.1. The maximum Gasteiger partial charge on any atom is 0.257 e. The zero-order valence-corrected chi connectivity index (χ0v) is 14.8. The van der Waals surface area contributed by atoms with Crippen LogP contribution in [0, 0.1) is 0 Å². The highest BCUT2D eigenvalue weighted by atomic mass is 32.1. The van der Waals surface area contributed by atoms with E-state index in [9.17, 15) is 4.79 Å². The minimum atomic E-state index is -0.148. The van der Waals surface area contributed by atoms with Crippen LogP contribution in [0.4, 0.5) is 0 Å². The van der Waals surface area contributed by atoms with Gasteiger partial charge in [0.25, 0.3) is 5.91 Å². The Morgan fingerprint density at radius 1 is 1.43 bits per heavy atom. The third-order valence-corrected chi connectivity index (χ3v) is 4.81. The zero-order valence-electron chi connectivity index (χ0n) is 13.9. The van der Waals surface area contributed by atoms with Gasteiger partial charge in [-0.15, -0.1) is 11.3 Å². The van der Waals surface area contributed by atoms with Gasteiger partial charge < -0.3 is 9.64 Å². The molecule has 23 heavy (non-hydrogen) atoms. The molecular formula is C16H22N4O2S. The molecule has 124 valence electrons. The van der Waals surface area contributed by atoms with E-state index >= 15 is 0 Å². The van der Waals surface area contributed by atoms with Gasteiger partial charge >= 0.3 is 0 Å². The first-order valence-electron chi connectivity index (χ1n) is 7.70. The Bertz CT molecular complexity index is 701. The largest absolute Gasteiger partial charge is 0.367 e. The second-order valence-corrected chi connectivity index (χ2v) is 7.72. The van der Waals surface area contributed by atoms with Gasteiger partial charge in [-0.05, 0) is 0 Å². The summed E-state index contributed by atoms with van der Waals surface area (Å²) in [5.41, 5.74) is 1.70. The first-order chi connectivity index (χ1) is 10.8. The van der Waals surface area contributed by atoms with Crippen molar-refractivity contribution >= 4 is 17.2 Å². The van der Waals surface area contributed by atoms with E-state index in [1.165, 1.54) is 0 Å². The minimum absolute atomic E-state index is 0.000925. The van der Waals surface area contributed by atoms with Crippen LogP contribution >= 0.6 is 11.3 Å². The van der Waals surface area contributed by atoms with E-state index in [1.54, 1.807) is 28.4 Å². The van der Waals surface area contributed by atoms with Crippen molar-refractivity contribution < 1.29 is 9.53 Å². The van der Waals surface area contributed by atoms with Gasteiger partial charge in [0.15, 0.2) is 0 Å². The maximum atomic E-state index is 12.6. The number of nitrogens with zero attached hydrogens (tertiary/aromatic N) is 4. The molecule has 2 aromatic heterocycles. The predicted molar refractivity (Wildman–Crippen MR) is 88.6 cm³/mol. The molecule has 1 amide bonds. The third-order valence-electron chi connectivity index (χ3n) is 3.87. The lowest BCUT2D eigenvalue weighted by molar-refractivity contribution is -0.0229. The molecule has 3 rings (SSSR count). The Balaban J connectivity index is 1.73. The van der Waals surface area contributed by atoms with Crippen molar-refractivity contribution in [3.8, 4) is 0 Å². The van der Waals surface area contributed by atoms with E-state index in [0.717, 1.165) is 10.7 Å². The highest BCUT2D eigenvalue weighted by molar-refractivity contribution is 7.09. The summed E-state index contributed by atoms with van der Waals surface area (Å²) < 4.78 is 7.49. The Hall–Kier alpha value is -1.73. The number of hydrogen-bond donors (Lipinski definition) is 0. The molecular weight excluding hydrogens is 312 g/mol. The van der Waals surface area contributed by atoms with Gasteiger partial charge in [-0.1, -0.05) is 20.8 Å². The smallest absolute Gasteiger partial charge is 0.257 e. The summed E-state index contributed by atoms with van der Waals surface area (Å²) in [6.45, 7) is 8.09. The van der Waals surface area contributed by atoms with Gasteiger partial charge in [0, 0.05) is 30.6 Å². The number of hydrogen-bond acceptors (Lipinski definition) is 5. The Kier molecular flexibility index (Phi) is 4.25. The number of carbonyl (C=O) groups excluding carboxylic acids is 1. The number of amides is 1. The van der Waals surface area contributed by atoms with Gasteiger partial charge in [-0.2, -0.15) is 5.10 Å². The number of thiazole rings is 1. The lowest BCUT2D eigenvalue weighted by atomic mass is 9.93. The van der Waals surface area contributed by atoms with Crippen LogP contribution in [-0.2, 0) is 17.2 Å². The molecule has 1 fully saturated rings. The predicted octanol–water partition coefficient (Wildman–Crippen LogP) is 2.39. The fourth-order valence-electron chi connectivity index (χ4n) is 2.48. The van der Waals surface area contributed by atoms with Crippen LogP contribution in [0.2, 0.25) is 0 Å². The fraction of sp³-hybridized carbons (Fsp3) is 0.562. The van der Waals surface area contributed by atoms with Crippen molar-refractivity contribution in [2.24, 2.45) is 7.05 Å². The Morgan fingerprint density at radius 2 is 2.22 bits per heavy atom. The van der Waals surface area contributed by atoms with Gasteiger partial charge in [0.1, 0.15) is 11.1 Å². The monoisotopic (exact) mass is 334 g/mol. The molecule has 0 aromatic carbocycles. The minimum Gasteiger partial charge on any atom is -0.367 e. The summed E-state index contributed by atoms with van der Waals surface area (Å²) in [4.78, 5) is 19.1. The van der Waals surface area contributed by atoms with E-state index in [-0.39, 0.29) is 17.4 Å². The standard InChI is InChI=1S/C16H22N4O2S/c1-16(2,3)13-10-23-14(18-13)12-9-20(5-6-22-12)15(21)11-7-17-19(4)8-11/h7-8,10,12H,5-6,9H2,1-4H3. The summed E-state index contributed by atoms with van der Waals surface area (Å²) in [5, 5.41) is 7.09. The van der Waals surface area contributed by atoms with Gasteiger partial charge in [-0.25, -0.2) is 4.98 Å². The van der Waals surface area contributed by atoms with Crippen LogP contribution in [0.1, 0.15) is 47.9 Å². The van der Waals surface area contributed by atoms with Crippen LogP contribution in [0.15, 0.2) is 17.8 Å². The molecule has 0 spiro atoms. The number of ether oxygens (including phenoxy) is 1. The molecule has 1 atom stereocenters. The van der Waals surface area contributed by atoms with Crippen LogP contribution in [-0.4, -0.2) is 45.3 Å². The summed E-state index contributed by atoms with van der Waals surface area (Å²) in [5.74, 6) is -0.000925. The molecule has 1 unspecified atom stereocenters. The average Bonchev–Trinajstić information content (AvgIpc) is 3.15. The van der Waals surface area contributed by atoms with E-state index in [4.69, 9.17) is 9.72 Å². The molecule has 0 aliphatic carbocycles. The molecule has 6 nitrogen and oxygen atoms in total. The highest BCUT2D eigenvalue weighted by Crippen LogP contribution is 2.30. The van der Waals surface area contributed by atoms with Crippen molar-refractivity contribution in [1.82, 2.24) is 19.7 Å². The average molecular weight is 334 g/mol. The van der Waals surface area contributed by atoms with Crippen LogP contribution < -0.4 is 0 Å². The first-order valence-corrected chi connectivity index (χ1v) is 8.58. The van der Waals surface area contributed by atoms with Crippen LogP contribution in [0.5, 0.6) is 0 Å². The molecule has 1 aliphatic rings. The third kappa shape index (κ3) is 3.45. The molecule has 1 saturated heterocycles. The van der Waals surface area contributed by atoms with Crippen LogP contribution in [0.3, 0.4) is 0 Å². The summed E-state index contributed by atoms with van der Waals surface area (Å²) in [7, 11) is 1.81. The fourth-order valence-corrected chi connectivity index (χ4v) is 3.56. The van der Waals surface area contributed by atoms with Crippen molar-refractivity contribution in [2.75, 3.05) is 19.7 Å². The van der Waals surface area contributed by atoms with Crippen molar-refractivity contribution in [3.05, 3.63) is 34.0 Å².